The van der Waals surface area contributed by atoms with Gasteiger partial charge in [-0.2, -0.15) is 0 Å². The van der Waals surface area contributed by atoms with Crippen molar-refractivity contribution in [2.75, 3.05) is 20.2 Å². The molecule has 0 aliphatic carbocycles. The minimum atomic E-state index is -3.46. The molecule has 0 spiro atoms. The second-order valence-electron chi connectivity index (χ2n) is 5.06. The first-order valence-corrected chi connectivity index (χ1v) is 9.79. The van der Waals surface area contributed by atoms with Gasteiger partial charge in [0.25, 0.3) is 0 Å². The number of nitrogens with one attached hydrogen (secondary N) is 1. The van der Waals surface area contributed by atoms with Gasteiger partial charge in [0.2, 0.25) is 8.87 Å². The van der Waals surface area contributed by atoms with E-state index in [1.165, 1.54) is 13.2 Å². The Morgan fingerprint density at radius 2 is 2.05 bits per heavy atom. The summed E-state index contributed by atoms with van der Waals surface area (Å²) in [5, 5.41) is 2.90. The van der Waals surface area contributed by atoms with E-state index >= 15 is 0 Å². The highest BCUT2D eigenvalue weighted by molar-refractivity contribution is 8.72. The Balaban J connectivity index is 2.20. The summed E-state index contributed by atoms with van der Waals surface area (Å²) in [7, 11) is -1.25. The molecule has 0 saturated carbocycles. The number of esters is 1. The predicted molar refractivity (Wildman–Crippen MR) is 87.3 cm³/mol. The molecular formula is C15H19NO4S2. The lowest BCUT2D eigenvalue weighted by Gasteiger charge is -2.25. The second kappa shape index (κ2) is 7.30. The van der Waals surface area contributed by atoms with Crippen LogP contribution < -0.4 is 5.32 Å². The highest BCUT2D eigenvalue weighted by atomic mass is 33.1. The van der Waals surface area contributed by atoms with Gasteiger partial charge in [-0.05, 0) is 48.4 Å². The van der Waals surface area contributed by atoms with Crippen molar-refractivity contribution >= 4 is 25.6 Å². The monoisotopic (exact) mass is 341 g/mol. The molecule has 22 heavy (non-hydrogen) atoms. The van der Waals surface area contributed by atoms with Gasteiger partial charge in [0, 0.05) is 17.9 Å². The van der Waals surface area contributed by atoms with E-state index < -0.39 is 14.8 Å². The van der Waals surface area contributed by atoms with Crippen molar-refractivity contribution in [3.8, 4) is 0 Å². The number of methoxy groups -OCH3 is 1. The van der Waals surface area contributed by atoms with Gasteiger partial charge in [-0.15, -0.1) is 0 Å². The van der Waals surface area contributed by atoms with E-state index in [1.807, 2.05) is 6.92 Å². The Kier molecular flexibility index (Phi) is 5.66. The second-order valence-corrected chi connectivity index (χ2v) is 9.09. The molecule has 1 saturated heterocycles. The van der Waals surface area contributed by atoms with E-state index in [-0.39, 0.29) is 5.25 Å². The van der Waals surface area contributed by atoms with Gasteiger partial charge >= 0.3 is 5.97 Å². The van der Waals surface area contributed by atoms with Crippen LogP contribution in [0.1, 0.15) is 12.0 Å². The Labute approximate surface area is 134 Å². The first-order valence-electron chi connectivity index (χ1n) is 6.91. The van der Waals surface area contributed by atoms with E-state index in [4.69, 9.17) is 0 Å². The molecule has 0 amide bonds. The first kappa shape index (κ1) is 17.1. The maximum atomic E-state index is 12.5. The third-order valence-electron chi connectivity index (χ3n) is 3.38. The fraction of sp³-hybridized carbons (Fsp3) is 0.400. The molecule has 7 heteroatoms. The van der Waals surface area contributed by atoms with Crippen molar-refractivity contribution < 1.29 is 17.9 Å². The molecule has 1 N–H and O–H groups in total. The largest absolute Gasteiger partial charge is 0.466 e. The van der Waals surface area contributed by atoms with E-state index in [0.717, 1.165) is 28.5 Å². The molecule has 0 aromatic heterocycles. The molecule has 0 radical (unpaired) electrons. The fourth-order valence-corrected chi connectivity index (χ4v) is 5.76. The van der Waals surface area contributed by atoms with E-state index in [9.17, 15) is 13.2 Å². The van der Waals surface area contributed by atoms with Crippen LogP contribution in [0, 0.1) is 6.92 Å². The van der Waals surface area contributed by atoms with Crippen molar-refractivity contribution in [1.29, 1.82) is 0 Å². The van der Waals surface area contributed by atoms with Gasteiger partial charge in [-0.3, -0.25) is 0 Å². The molecular weight excluding hydrogens is 322 g/mol. The van der Waals surface area contributed by atoms with Gasteiger partial charge in [-0.1, -0.05) is 17.7 Å². The van der Waals surface area contributed by atoms with Gasteiger partial charge in [0.1, 0.15) is 0 Å². The van der Waals surface area contributed by atoms with Gasteiger partial charge in [0.15, 0.2) is 0 Å². The number of hydrogen-bond donors (Lipinski definition) is 1. The van der Waals surface area contributed by atoms with Crippen LogP contribution in [0.4, 0.5) is 0 Å². The third kappa shape index (κ3) is 4.34. The zero-order valence-corrected chi connectivity index (χ0v) is 14.2. The lowest BCUT2D eigenvalue weighted by molar-refractivity contribution is -0.134. The minimum Gasteiger partial charge on any atom is -0.466 e. The van der Waals surface area contributed by atoms with Crippen LogP contribution in [0.5, 0.6) is 0 Å². The Hall–Kier alpha value is -1.31. The normalized spacial score (nSPS) is 20.8. The summed E-state index contributed by atoms with van der Waals surface area (Å²) in [6.45, 7) is 3.13. The number of ether oxygens (including phenoxy) is 1. The van der Waals surface area contributed by atoms with Crippen molar-refractivity contribution in [2.45, 2.75) is 23.5 Å². The number of rotatable bonds is 4. The summed E-state index contributed by atoms with van der Waals surface area (Å²) in [4.78, 5) is 11.7. The van der Waals surface area contributed by atoms with E-state index in [2.05, 4.69) is 10.1 Å². The SMILES string of the molecule is COC(=O)C=C1CNCCC1SS(=O)(=O)c1ccc(C)cc1. The maximum absolute atomic E-state index is 12.5. The third-order valence-corrected chi connectivity index (χ3v) is 7.29. The standard InChI is InChI=1S/C15H19NO4S2/c1-11-3-5-13(6-4-11)22(18,19)21-14-7-8-16-10-12(14)9-15(17)20-2/h3-6,9,14,16H,7-8,10H2,1-2H3. The number of piperidine rings is 1. The van der Waals surface area contributed by atoms with E-state index in [0.29, 0.717) is 17.9 Å². The number of carbonyl (C=O) groups is 1. The number of aryl methyl sites for hydroxylation is 1. The Morgan fingerprint density at radius 1 is 1.36 bits per heavy atom. The molecule has 1 unspecified atom stereocenters. The highest BCUT2D eigenvalue weighted by Crippen LogP contribution is 2.34. The zero-order valence-electron chi connectivity index (χ0n) is 12.5. The van der Waals surface area contributed by atoms with Crippen molar-refractivity contribution in [3.05, 3.63) is 41.5 Å². The molecule has 1 heterocycles. The summed E-state index contributed by atoms with van der Waals surface area (Å²) in [5.41, 5.74) is 1.76. The summed E-state index contributed by atoms with van der Waals surface area (Å²) in [6.07, 6.45) is 2.03. The molecule has 1 aromatic rings. The smallest absolute Gasteiger partial charge is 0.330 e. The summed E-state index contributed by atoms with van der Waals surface area (Å²) >= 11 is 0. The van der Waals surface area contributed by atoms with Crippen LogP contribution in [-0.4, -0.2) is 39.8 Å². The fourth-order valence-electron chi connectivity index (χ4n) is 2.14. The average Bonchev–Trinajstić information content (AvgIpc) is 2.49. The first-order chi connectivity index (χ1) is 10.4. The van der Waals surface area contributed by atoms with Crippen LogP contribution in [0.3, 0.4) is 0 Å². The topological polar surface area (TPSA) is 72.5 Å². The average molecular weight is 341 g/mol. The lowest BCUT2D eigenvalue weighted by atomic mass is 10.1. The molecule has 1 aliphatic rings. The van der Waals surface area contributed by atoms with Crippen molar-refractivity contribution in [3.63, 3.8) is 0 Å². The molecule has 5 nitrogen and oxygen atoms in total. The summed E-state index contributed by atoms with van der Waals surface area (Å²) in [6, 6.07) is 6.78. The van der Waals surface area contributed by atoms with Gasteiger partial charge < -0.3 is 10.1 Å². The zero-order chi connectivity index (χ0) is 16.2. The Bertz CT molecular complexity index is 665. The highest BCUT2D eigenvalue weighted by Gasteiger charge is 2.27. The van der Waals surface area contributed by atoms with Crippen LogP contribution in [0.15, 0.2) is 40.8 Å². The molecule has 120 valence electrons. The predicted octanol–water partition coefficient (Wildman–Crippen LogP) is 1.88. The van der Waals surface area contributed by atoms with Crippen molar-refractivity contribution in [2.24, 2.45) is 0 Å². The minimum absolute atomic E-state index is 0.244. The number of benzene rings is 1. The van der Waals surface area contributed by atoms with E-state index in [1.54, 1.807) is 24.3 Å². The quantitative estimate of drug-likeness (QED) is 0.512. The molecule has 0 bridgehead atoms. The Morgan fingerprint density at radius 3 is 2.68 bits per heavy atom. The summed E-state index contributed by atoms with van der Waals surface area (Å²) in [5.74, 6) is -0.461. The van der Waals surface area contributed by atoms with Crippen LogP contribution in [-0.2, 0) is 18.4 Å². The molecule has 2 rings (SSSR count). The molecule has 1 aromatic carbocycles. The molecule has 1 aliphatic heterocycles. The van der Waals surface area contributed by atoms with Crippen molar-refractivity contribution in [1.82, 2.24) is 5.32 Å². The van der Waals surface area contributed by atoms with Crippen LogP contribution in [0.2, 0.25) is 0 Å². The van der Waals surface area contributed by atoms with Gasteiger partial charge in [-0.25, -0.2) is 13.2 Å². The maximum Gasteiger partial charge on any atom is 0.330 e. The molecule has 1 atom stereocenters. The van der Waals surface area contributed by atoms with Gasteiger partial charge in [0.05, 0.1) is 12.0 Å². The van der Waals surface area contributed by atoms with Crippen LogP contribution >= 0.6 is 10.8 Å². The lowest BCUT2D eigenvalue weighted by Crippen LogP contribution is -2.33. The summed E-state index contributed by atoms with van der Waals surface area (Å²) < 4.78 is 29.7. The molecule has 1 fully saturated rings. The number of carbonyl (C=O) groups excluding carboxylic acids is 1. The number of hydrogen-bond acceptors (Lipinski definition) is 6. The van der Waals surface area contributed by atoms with Crippen LogP contribution in [0.25, 0.3) is 0 Å².